The van der Waals surface area contributed by atoms with Gasteiger partial charge in [-0.25, -0.2) is 4.39 Å². The summed E-state index contributed by atoms with van der Waals surface area (Å²) in [4.78, 5) is 23.8. The maximum atomic E-state index is 12.8. The van der Waals surface area contributed by atoms with Gasteiger partial charge in [-0.1, -0.05) is 23.3 Å². The molecule has 0 fully saturated rings. The van der Waals surface area contributed by atoms with E-state index in [1.54, 1.807) is 12.1 Å². The Morgan fingerprint density at radius 3 is 2.26 bits per heavy atom. The molecule has 1 amide bonds. The minimum absolute atomic E-state index is 0.216. The highest BCUT2D eigenvalue weighted by Crippen LogP contribution is 2.34. The van der Waals surface area contributed by atoms with Crippen LogP contribution < -0.4 is 5.32 Å². The number of carbonyl (C=O) groups is 2. The van der Waals surface area contributed by atoms with Gasteiger partial charge in [0.25, 0.3) is 0 Å². The van der Waals surface area contributed by atoms with Crippen LogP contribution in [0.15, 0.2) is 35.4 Å². The summed E-state index contributed by atoms with van der Waals surface area (Å²) in [6.45, 7) is 4.29. The molecular weight excluding hydrogens is 297 g/mol. The van der Waals surface area contributed by atoms with Crippen LogP contribution >= 0.6 is 0 Å². The number of amides is 1. The van der Waals surface area contributed by atoms with Crippen molar-refractivity contribution >= 4 is 11.9 Å². The lowest BCUT2D eigenvalue weighted by molar-refractivity contribution is -0.147. The van der Waals surface area contributed by atoms with Gasteiger partial charge in [0.05, 0.1) is 11.8 Å². The summed E-state index contributed by atoms with van der Waals surface area (Å²) < 4.78 is 12.8. The van der Waals surface area contributed by atoms with Gasteiger partial charge in [-0.2, -0.15) is 0 Å². The molecule has 2 atom stereocenters. The first kappa shape index (κ1) is 17.2. The predicted molar refractivity (Wildman–Crippen MR) is 85.3 cm³/mol. The standard InChI is InChI=1S/C18H22FNO3/c1-11-9-15(16(18(22)23)10-12(11)2)17(21)20-8-7-13-3-5-14(19)6-4-13/h3-6,15-16H,7-10H2,1-2H3,(H,20,21)(H,22,23)/t15-,16-/m0/s1. The summed E-state index contributed by atoms with van der Waals surface area (Å²) in [7, 11) is 0. The van der Waals surface area contributed by atoms with Crippen LogP contribution in [0.25, 0.3) is 0 Å². The number of hydrogen-bond acceptors (Lipinski definition) is 2. The molecule has 0 saturated carbocycles. The second-order valence-corrected chi connectivity index (χ2v) is 6.19. The van der Waals surface area contributed by atoms with Crippen molar-refractivity contribution in [2.75, 3.05) is 6.54 Å². The van der Waals surface area contributed by atoms with Crippen molar-refractivity contribution in [1.82, 2.24) is 5.32 Å². The van der Waals surface area contributed by atoms with Gasteiger partial charge < -0.3 is 10.4 Å². The third-order valence-corrected chi connectivity index (χ3v) is 4.55. The van der Waals surface area contributed by atoms with E-state index in [9.17, 15) is 19.1 Å². The van der Waals surface area contributed by atoms with Gasteiger partial charge in [0.15, 0.2) is 0 Å². The number of hydrogen-bond donors (Lipinski definition) is 2. The van der Waals surface area contributed by atoms with Crippen LogP contribution in [0.3, 0.4) is 0 Å². The Kier molecular flexibility index (Phi) is 5.53. The average Bonchev–Trinajstić information content (AvgIpc) is 2.51. The van der Waals surface area contributed by atoms with Crippen LogP contribution in [-0.4, -0.2) is 23.5 Å². The van der Waals surface area contributed by atoms with Crippen molar-refractivity contribution in [3.05, 3.63) is 46.8 Å². The second kappa shape index (κ2) is 7.40. The summed E-state index contributed by atoms with van der Waals surface area (Å²) in [5.74, 6) is -2.61. The monoisotopic (exact) mass is 319 g/mol. The van der Waals surface area contributed by atoms with Crippen molar-refractivity contribution in [3.63, 3.8) is 0 Å². The molecule has 1 aromatic rings. The molecule has 1 aromatic carbocycles. The summed E-state index contributed by atoms with van der Waals surface area (Å²) >= 11 is 0. The first-order valence-electron chi connectivity index (χ1n) is 7.78. The number of allylic oxidation sites excluding steroid dienone is 2. The molecule has 0 radical (unpaired) electrons. The maximum Gasteiger partial charge on any atom is 0.307 e. The van der Waals surface area contributed by atoms with E-state index in [0.29, 0.717) is 25.8 Å². The minimum atomic E-state index is -0.921. The molecule has 0 bridgehead atoms. The van der Waals surface area contributed by atoms with Crippen molar-refractivity contribution in [2.24, 2.45) is 11.8 Å². The number of rotatable bonds is 5. The van der Waals surface area contributed by atoms with Crippen molar-refractivity contribution < 1.29 is 19.1 Å². The number of halogens is 1. The van der Waals surface area contributed by atoms with Crippen molar-refractivity contribution in [1.29, 1.82) is 0 Å². The fourth-order valence-corrected chi connectivity index (χ4v) is 2.94. The van der Waals surface area contributed by atoms with Crippen molar-refractivity contribution in [2.45, 2.75) is 33.1 Å². The van der Waals surface area contributed by atoms with Crippen LogP contribution in [0.5, 0.6) is 0 Å². The largest absolute Gasteiger partial charge is 0.481 e. The lowest BCUT2D eigenvalue weighted by Crippen LogP contribution is -2.40. The second-order valence-electron chi connectivity index (χ2n) is 6.19. The van der Waals surface area contributed by atoms with Gasteiger partial charge >= 0.3 is 5.97 Å². The Labute approximate surface area is 135 Å². The van der Waals surface area contributed by atoms with Gasteiger partial charge in [0.1, 0.15) is 5.82 Å². The average molecular weight is 319 g/mol. The predicted octanol–water partition coefficient (Wildman–Crippen LogP) is 2.93. The lowest BCUT2D eigenvalue weighted by Gasteiger charge is -2.29. The highest BCUT2D eigenvalue weighted by molar-refractivity contribution is 5.85. The molecule has 1 aliphatic carbocycles. The molecule has 2 rings (SSSR count). The Bertz CT molecular complexity index is 622. The SMILES string of the molecule is CC1=C(C)C[C@H](C(=O)NCCc2ccc(F)cc2)[C@@H](C(=O)O)C1. The molecule has 0 unspecified atom stereocenters. The number of aliphatic carboxylic acids is 1. The van der Waals surface area contributed by atoms with E-state index in [1.807, 2.05) is 13.8 Å². The molecular formula is C18H22FNO3. The molecule has 1 aliphatic rings. The topological polar surface area (TPSA) is 66.4 Å². The Morgan fingerprint density at radius 1 is 1.13 bits per heavy atom. The maximum absolute atomic E-state index is 12.8. The number of nitrogens with one attached hydrogen (secondary N) is 1. The van der Waals surface area contributed by atoms with E-state index in [4.69, 9.17) is 0 Å². The fraction of sp³-hybridized carbons (Fsp3) is 0.444. The Balaban J connectivity index is 1.93. The van der Waals surface area contributed by atoms with Crippen LogP contribution in [0.4, 0.5) is 4.39 Å². The van der Waals surface area contributed by atoms with E-state index >= 15 is 0 Å². The first-order chi connectivity index (χ1) is 10.9. The lowest BCUT2D eigenvalue weighted by atomic mass is 9.76. The third-order valence-electron chi connectivity index (χ3n) is 4.55. The van der Waals surface area contributed by atoms with Crippen LogP contribution in [0, 0.1) is 17.7 Å². The molecule has 4 nitrogen and oxygen atoms in total. The van der Waals surface area contributed by atoms with E-state index < -0.39 is 17.8 Å². The molecule has 0 saturated heterocycles. The number of carboxylic acid groups (broad SMARTS) is 1. The highest BCUT2D eigenvalue weighted by Gasteiger charge is 2.36. The summed E-state index contributed by atoms with van der Waals surface area (Å²) in [6.07, 6.45) is 1.51. The zero-order chi connectivity index (χ0) is 17.0. The number of benzene rings is 1. The molecule has 2 N–H and O–H groups in total. The number of carboxylic acids is 1. The molecule has 0 heterocycles. The molecule has 0 aromatic heterocycles. The summed E-state index contributed by atoms with van der Waals surface area (Å²) in [5.41, 5.74) is 3.09. The van der Waals surface area contributed by atoms with E-state index in [2.05, 4.69) is 5.32 Å². The third kappa shape index (κ3) is 4.41. The molecule has 124 valence electrons. The van der Waals surface area contributed by atoms with Gasteiger partial charge in [0.2, 0.25) is 5.91 Å². The number of carbonyl (C=O) groups excluding carboxylic acids is 1. The van der Waals surface area contributed by atoms with Crippen LogP contribution in [0.2, 0.25) is 0 Å². The zero-order valence-electron chi connectivity index (χ0n) is 13.4. The van der Waals surface area contributed by atoms with E-state index in [1.165, 1.54) is 12.1 Å². The van der Waals surface area contributed by atoms with Crippen molar-refractivity contribution in [3.8, 4) is 0 Å². The van der Waals surface area contributed by atoms with Gasteiger partial charge in [-0.15, -0.1) is 0 Å². The van der Waals surface area contributed by atoms with Gasteiger partial charge in [-0.3, -0.25) is 9.59 Å². The highest BCUT2D eigenvalue weighted by atomic mass is 19.1. The minimum Gasteiger partial charge on any atom is -0.481 e. The van der Waals surface area contributed by atoms with Gasteiger partial charge in [0, 0.05) is 6.54 Å². The first-order valence-corrected chi connectivity index (χ1v) is 7.78. The van der Waals surface area contributed by atoms with Crippen LogP contribution in [-0.2, 0) is 16.0 Å². The molecule has 0 aliphatic heterocycles. The smallest absolute Gasteiger partial charge is 0.307 e. The van der Waals surface area contributed by atoms with E-state index in [0.717, 1.165) is 16.7 Å². The molecule has 0 spiro atoms. The fourth-order valence-electron chi connectivity index (χ4n) is 2.94. The zero-order valence-corrected chi connectivity index (χ0v) is 13.4. The molecule has 5 heteroatoms. The summed E-state index contributed by atoms with van der Waals surface area (Å²) in [5, 5.41) is 12.2. The van der Waals surface area contributed by atoms with Gasteiger partial charge in [-0.05, 0) is 50.8 Å². The normalized spacial score (nSPS) is 21.2. The summed E-state index contributed by atoms with van der Waals surface area (Å²) in [6, 6.07) is 6.13. The Morgan fingerprint density at radius 2 is 1.70 bits per heavy atom. The molecule has 23 heavy (non-hydrogen) atoms. The van der Waals surface area contributed by atoms with E-state index in [-0.39, 0.29) is 11.7 Å². The quantitative estimate of drug-likeness (QED) is 0.820. The Hall–Kier alpha value is -2.17. The van der Waals surface area contributed by atoms with Crippen LogP contribution in [0.1, 0.15) is 32.3 Å².